The van der Waals surface area contributed by atoms with E-state index < -0.39 is 0 Å². The molecule has 23 heavy (non-hydrogen) atoms. The first-order valence-electron chi connectivity index (χ1n) is 7.71. The van der Waals surface area contributed by atoms with Crippen LogP contribution in [0.4, 0.5) is 0 Å². The molecular formula is C17H18N6. The van der Waals surface area contributed by atoms with Gasteiger partial charge in [0, 0.05) is 31.3 Å². The van der Waals surface area contributed by atoms with Crippen LogP contribution in [-0.2, 0) is 13.1 Å². The molecule has 0 radical (unpaired) electrons. The second-order valence-electron chi connectivity index (χ2n) is 5.62. The van der Waals surface area contributed by atoms with Crippen molar-refractivity contribution in [1.82, 2.24) is 28.7 Å². The van der Waals surface area contributed by atoms with Crippen molar-refractivity contribution in [2.24, 2.45) is 0 Å². The summed E-state index contributed by atoms with van der Waals surface area (Å²) in [5.41, 5.74) is 4.35. The van der Waals surface area contributed by atoms with E-state index in [1.165, 1.54) is 5.56 Å². The van der Waals surface area contributed by atoms with Crippen LogP contribution < -0.4 is 0 Å². The summed E-state index contributed by atoms with van der Waals surface area (Å²) in [7, 11) is 0. The highest BCUT2D eigenvalue weighted by molar-refractivity contribution is 5.78. The van der Waals surface area contributed by atoms with E-state index in [1.807, 2.05) is 41.7 Å². The molecule has 6 heteroatoms. The predicted octanol–water partition coefficient (Wildman–Crippen LogP) is 2.77. The third-order valence-corrected chi connectivity index (χ3v) is 4.08. The summed E-state index contributed by atoms with van der Waals surface area (Å²) in [5.74, 6) is 0.917. The van der Waals surface area contributed by atoms with Gasteiger partial charge in [0.05, 0.1) is 35.8 Å². The van der Waals surface area contributed by atoms with E-state index >= 15 is 0 Å². The monoisotopic (exact) mass is 306 g/mol. The molecule has 0 bridgehead atoms. The molecule has 0 N–H and O–H groups in total. The lowest BCUT2D eigenvalue weighted by molar-refractivity contribution is 0.754. The van der Waals surface area contributed by atoms with E-state index in [-0.39, 0.29) is 0 Å². The highest BCUT2D eigenvalue weighted by Crippen LogP contribution is 2.25. The van der Waals surface area contributed by atoms with Gasteiger partial charge in [-0.1, -0.05) is 6.07 Å². The molecule has 4 heterocycles. The van der Waals surface area contributed by atoms with Crippen LogP contribution in [-0.4, -0.2) is 28.7 Å². The van der Waals surface area contributed by atoms with Gasteiger partial charge < -0.3 is 9.13 Å². The maximum absolute atomic E-state index is 4.55. The average molecular weight is 306 g/mol. The number of nitrogens with zero attached hydrogens (tertiary/aromatic N) is 6. The Morgan fingerprint density at radius 1 is 1.17 bits per heavy atom. The first-order valence-corrected chi connectivity index (χ1v) is 7.71. The van der Waals surface area contributed by atoms with Gasteiger partial charge in [0.1, 0.15) is 5.82 Å². The van der Waals surface area contributed by atoms with Gasteiger partial charge in [0.15, 0.2) is 0 Å². The highest BCUT2D eigenvalue weighted by Gasteiger charge is 2.14. The molecule has 0 unspecified atom stereocenters. The lowest BCUT2D eigenvalue weighted by atomic mass is 10.1. The van der Waals surface area contributed by atoms with Crippen molar-refractivity contribution < 1.29 is 0 Å². The van der Waals surface area contributed by atoms with Crippen molar-refractivity contribution in [3.05, 3.63) is 60.7 Å². The smallest absolute Gasteiger partial charge is 0.144 e. The SMILES string of the molecule is CCn1cnc(Cn2ccnc2-c2cnn3cccc(C)c23)c1. The Hall–Kier alpha value is -2.89. The largest absolute Gasteiger partial charge is 0.337 e. The van der Waals surface area contributed by atoms with Gasteiger partial charge in [-0.15, -0.1) is 0 Å². The van der Waals surface area contributed by atoms with E-state index in [9.17, 15) is 0 Å². The van der Waals surface area contributed by atoms with Gasteiger partial charge >= 0.3 is 0 Å². The van der Waals surface area contributed by atoms with E-state index in [0.29, 0.717) is 6.54 Å². The zero-order valence-electron chi connectivity index (χ0n) is 13.2. The number of aryl methyl sites for hydroxylation is 2. The molecule has 0 aliphatic rings. The maximum atomic E-state index is 4.55. The molecule has 0 amide bonds. The zero-order valence-corrected chi connectivity index (χ0v) is 13.2. The summed E-state index contributed by atoms with van der Waals surface area (Å²) in [6, 6.07) is 4.10. The fourth-order valence-electron chi connectivity index (χ4n) is 2.90. The normalized spacial score (nSPS) is 11.4. The van der Waals surface area contributed by atoms with Crippen molar-refractivity contribution in [3.63, 3.8) is 0 Å². The Bertz CT molecular complexity index is 958. The van der Waals surface area contributed by atoms with Gasteiger partial charge in [-0.2, -0.15) is 5.10 Å². The van der Waals surface area contributed by atoms with Crippen LogP contribution in [0.15, 0.2) is 49.4 Å². The standard InChI is InChI=1S/C17H18N6/c1-3-21-10-14(19-12-21)11-22-8-6-18-17(22)15-9-20-23-7-4-5-13(2)16(15)23/h4-10,12H,3,11H2,1-2H3. The van der Waals surface area contributed by atoms with E-state index in [0.717, 1.165) is 29.1 Å². The van der Waals surface area contributed by atoms with Crippen LogP contribution in [0.25, 0.3) is 16.9 Å². The van der Waals surface area contributed by atoms with Crippen molar-refractivity contribution >= 4 is 5.52 Å². The third-order valence-electron chi connectivity index (χ3n) is 4.08. The number of hydrogen-bond donors (Lipinski definition) is 0. The summed E-state index contributed by atoms with van der Waals surface area (Å²) >= 11 is 0. The van der Waals surface area contributed by atoms with Gasteiger partial charge in [-0.25, -0.2) is 14.5 Å². The lowest BCUT2D eigenvalue weighted by Gasteiger charge is -2.06. The molecule has 0 aromatic carbocycles. The predicted molar refractivity (Wildman–Crippen MR) is 88.2 cm³/mol. The first-order chi connectivity index (χ1) is 11.3. The molecule has 0 saturated carbocycles. The van der Waals surface area contributed by atoms with E-state index in [2.05, 4.69) is 50.3 Å². The summed E-state index contributed by atoms with van der Waals surface area (Å²) in [5, 5.41) is 4.44. The fourth-order valence-corrected chi connectivity index (χ4v) is 2.90. The summed E-state index contributed by atoms with van der Waals surface area (Å²) in [4.78, 5) is 9.01. The maximum Gasteiger partial charge on any atom is 0.144 e. The van der Waals surface area contributed by atoms with Gasteiger partial charge in [-0.3, -0.25) is 0 Å². The Kier molecular flexibility index (Phi) is 3.22. The molecule has 6 nitrogen and oxygen atoms in total. The lowest BCUT2D eigenvalue weighted by Crippen LogP contribution is -2.01. The molecule has 4 aromatic rings. The zero-order chi connectivity index (χ0) is 15.8. The molecule has 116 valence electrons. The number of fused-ring (bicyclic) bond motifs is 1. The molecule has 0 aliphatic carbocycles. The molecule has 4 aromatic heterocycles. The summed E-state index contributed by atoms with van der Waals surface area (Å²) in [6.45, 7) is 5.83. The Labute approximate surface area is 134 Å². The molecule has 4 rings (SSSR count). The Morgan fingerprint density at radius 3 is 2.91 bits per heavy atom. The number of rotatable bonds is 4. The molecule has 0 aliphatic heterocycles. The van der Waals surface area contributed by atoms with Crippen molar-refractivity contribution in [1.29, 1.82) is 0 Å². The van der Waals surface area contributed by atoms with Gasteiger partial charge in [-0.05, 0) is 25.5 Å². The summed E-state index contributed by atoms with van der Waals surface area (Å²) < 4.78 is 6.09. The van der Waals surface area contributed by atoms with Crippen LogP contribution in [0.5, 0.6) is 0 Å². The van der Waals surface area contributed by atoms with Crippen molar-refractivity contribution in [3.8, 4) is 11.4 Å². The molecule has 0 fully saturated rings. The quantitative estimate of drug-likeness (QED) is 0.582. The Morgan fingerprint density at radius 2 is 2.09 bits per heavy atom. The summed E-state index contributed by atoms with van der Waals surface area (Å²) in [6.07, 6.45) is 11.6. The van der Waals surface area contributed by atoms with Gasteiger partial charge in [0.2, 0.25) is 0 Å². The van der Waals surface area contributed by atoms with Crippen LogP contribution in [0.1, 0.15) is 18.2 Å². The van der Waals surface area contributed by atoms with Crippen LogP contribution in [0, 0.1) is 6.92 Å². The molecule has 0 spiro atoms. The van der Waals surface area contributed by atoms with Crippen LogP contribution in [0.2, 0.25) is 0 Å². The first kappa shape index (κ1) is 13.8. The average Bonchev–Trinajstić information content (AvgIpc) is 3.26. The third kappa shape index (κ3) is 2.32. The second-order valence-corrected chi connectivity index (χ2v) is 5.62. The number of imidazole rings is 2. The number of pyridine rings is 1. The van der Waals surface area contributed by atoms with Gasteiger partial charge in [0.25, 0.3) is 0 Å². The molecule has 0 atom stereocenters. The Balaban J connectivity index is 1.76. The van der Waals surface area contributed by atoms with Crippen molar-refractivity contribution in [2.45, 2.75) is 26.9 Å². The van der Waals surface area contributed by atoms with Crippen molar-refractivity contribution in [2.75, 3.05) is 0 Å². The van der Waals surface area contributed by atoms with E-state index in [4.69, 9.17) is 0 Å². The fraction of sp³-hybridized carbons (Fsp3) is 0.235. The van der Waals surface area contributed by atoms with E-state index in [1.54, 1.807) is 0 Å². The topological polar surface area (TPSA) is 52.9 Å². The van der Waals surface area contributed by atoms with Crippen LogP contribution >= 0.6 is 0 Å². The minimum atomic E-state index is 0.700. The highest BCUT2D eigenvalue weighted by atomic mass is 15.2. The number of aromatic nitrogens is 6. The number of hydrogen-bond acceptors (Lipinski definition) is 3. The second kappa shape index (κ2) is 5.39. The molecular weight excluding hydrogens is 288 g/mol. The van der Waals surface area contributed by atoms with Crippen LogP contribution in [0.3, 0.4) is 0 Å². The molecule has 0 saturated heterocycles. The minimum Gasteiger partial charge on any atom is -0.337 e. The minimum absolute atomic E-state index is 0.700.